The highest BCUT2D eigenvalue weighted by atomic mass is 16.6. The lowest BCUT2D eigenvalue weighted by Crippen LogP contribution is -2.57. The number of aliphatic hydroxyl groups excluding tert-OH is 1. The maximum Gasteiger partial charge on any atom is 0.313 e. The summed E-state index contributed by atoms with van der Waals surface area (Å²) >= 11 is 0. The fourth-order valence-electron chi connectivity index (χ4n) is 8.10. The molecule has 0 aliphatic carbocycles. The second-order valence-corrected chi connectivity index (χ2v) is 13.7. The summed E-state index contributed by atoms with van der Waals surface area (Å²) in [4.78, 5) is 61.8. The number of amides is 3. The number of hydrogen-bond acceptors (Lipinski definition) is 7. The van der Waals surface area contributed by atoms with Crippen LogP contribution in [0.3, 0.4) is 0 Å². The van der Waals surface area contributed by atoms with E-state index in [4.69, 9.17) is 9.47 Å². The number of likely N-dealkylation sites (tertiary alicyclic amines) is 1. The summed E-state index contributed by atoms with van der Waals surface area (Å²) in [6.45, 7) is 11.8. The van der Waals surface area contributed by atoms with Crippen LogP contribution >= 0.6 is 0 Å². The molecule has 3 saturated heterocycles. The molecule has 2 aromatic carbocycles. The molecule has 0 saturated carbocycles. The standard InChI is InChI=1S/C40H51N3O7/c1-6-9-21-32(45)41(5)27(4)35(29-19-15-12-16-20-29)49-39(48)33-31-22-23-40(50-31)34(33)37(46)43(30(26-44)28-17-13-11-14-18-28)36(40)38(47)42(24-8-3)25-10-7-2/h6,8,11-20,27,30-31,33-36,44H,1,3,7,9-10,21-26H2,2,4-5H3/t27-,30-,31-,33+,34+,35+,36-,40+/m1/s1. The van der Waals surface area contributed by atoms with Crippen molar-refractivity contribution in [2.45, 2.75) is 88.3 Å². The largest absolute Gasteiger partial charge is 0.455 e. The fourth-order valence-corrected chi connectivity index (χ4v) is 8.10. The van der Waals surface area contributed by atoms with Crippen molar-refractivity contribution in [2.75, 3.05) is 26.7 Å². The molecule has 3 aliphatic rings. The van der Waals surface area contributed by atoms with Crippen LogP contribution in [0.1, 0.15) is 75.6 Å². The minimum absolute atomic E-state index is 0.109. The van der Waals surface area contributed by atoms with Gasteiger partial charge in [0.25, 0.3) is 0 Å². The molecule has 3 aliphatic heterocycles. The van der Waals surface area contributed by atoms with Crippen molar-refractivity contribution in [3.8, 4) is 0 Å². The zero-order valence-corrected chi connectivity index (χ0v) is 29.5. The summed E-state index contributed by atoms with van der Waals surface area (Å²) in [5.74, 6) is -3.38. The normalized spacial score (nSPS) is 25.4. The number of fused-ring (bicyclic) bond motifs is 1. The molecule has 3 fully saturated rings. The van der Waals surface area contributed by atoms with Crippen molar-refractivity contribution >= 4 is 23.7 Å². The van der Waals surface area contributed by atoms with Crippen molar-refractivity contribution in [1.82, 2.24) is 14.7 Å². The molecule has 10 heteroatoms. The SMILES string of the molecule is C=CCCC(=O)N(C)[C@H](C)[C@H](OC(=O)[C@@H]1[C@H]2C(=O)N([C@H](CO)c3ccccc3)[C@H](C(=O)N(CC=C)CCCC)[C@]23CC[C@H]1O3)c1ccccc1. The summed E-state index contributed by atoms with van der Waals surface area (Å²) in [7, 11) is 1.69. The Morgan fingerprint density at radius 2 is 1.74 bits per heavy atom. The predicted octanol–water partition coefficient (Wildman–Crippen LogP) is 5.01. The molecule has 1 N–H and O–H groups in total. The van der Waals surface area contributed by atoms with E-state index in [1.54, 1.807) is 29.0 Å². The molecule has 1 spiro atoms. The number of nitrogens with zero attached hydrogens (tertiary/aromatic N) is 3. The smallest absolute Gasteiger partial charge is 0.313 e. The lowest BCUT2D eigenvalue weighted by molar-refractivity contribution is -0.165. The van der Waals surface area contributed by atoms with Crippen LogP contribution < -0.4 is 0 Å². The van der Waals surface area contributed by atoms with Gasteiger partial charge in [-0.2, -0.15) is 0 Å². The highest BCUT2D eigenvalue weighted by Crippen LogP contribution is 2.60. The third-order valence-corrected chi connectivity index (χ3v) is 10.8. The molecule has 268 valence electrons. The number of ether oxygens (including phenoxy) is 2. The van der Waals surface area contributed by atoms with E-state index in [0.29, 0.717) is 36.9 Å². The zero-order valence-electron chi connectivity index (χ0n) is 29.5. The van der Waals surface area contributed by atoms with Crippen molar-refractivity contribution in [2.24, 2.45) is 11.8 Å². The van der Waals surface area contributed by atoms with Crippen molar-refractivity contribution < 1.29 is 33.8 Å². The molecule has 0 aromatic heterocycles. The predicted molar refractivity (Wildman–Crippen MR) is 189 cm³/mol. The first-order valence-electron chi connectivity index (χ1n) is 17.8. The minimum atomic E-state index is -1.28. The molecule has 0 unspecified atom stereocenters. The lowest BCUT2D eigenvalue weighted by Gasteiger charge is -2.39. The van der Waals surface area contributed by atoms with Crippen LogP contribution in [0.15, 0.2) is 86.0 Å². The van der Waals surface area contributed by atoms with E-state index >= 15 is 0 Å². The molecule has 0 radical (unpaired) electrons. The monoisotopic (exact) mass is 685 g/mol. The Bertz CT molecular complexity index is 1530. The molecule has 3 amide bonds. The second-order valence-electron chi connectivity index (χ2n) is 13.7. The molecule has 5 rings (SSSR count). The van der Waals surface area contributed by atoms with Crippen LogP contribution in [0.25, 0.3) is 0 Å². The molecule has 2 bridgehead atoms. The molecular weight excluding hydrogens is 634 g/mol. The van der Waals surface area contributed by atoms with Crippen molar-refractivity contribution in [1.29, 1.82) is 0 Å². The van der Waals surface area contributed by atoms with Crippen LogP contribution in [0, 0.1) is 11.8 Å². The minimum Gasteiger partial charge on any atom is -0.455 e. The zero-order chi connectivity index (χ0) is 36.0. The number of unbranched alkanes of at least 4 members (excludes halogenated alkanes) is 1. The van der Waals surface area contributed by atoms with Gasteiger partial charge in [-0.05, 0) is 43.7 Å². The second kappa shape index (κ2) is 16.2. The van der Waals surface area contributed by atoms with E-state index in [9.17, 15) is 24.3 Å². The number of aliphatic hydroxyl groups is 1. The Morgan fingerprint density at radius 1 is 1.08 bits per heavy atom. The van der Waals surface area contributed by atoms with Gasteiger partial charge in [0.1, 0.15) is 17.7 Å². The van der Waals surface area contributed by atoms with Crippen LogP contribution in [0.2, 0.25) is 0 Å². The molecule has 10 nitrogen and oxygen atoms in total. The number of carbonyl (C=O) groups excluding carboxylic acids is 4. The third kappa shape index (κ3) is 6.88. The summed E-state index contributed by atoms with van der Waals surface area (Å²) in [6.07, 6.45) is 5.22. The van der Waals surface area contributed by atoms with Crippen LogP contribution in [0.5, 0.6) is 0 Å². The molecule has 3 heterocycles. The highest BCUT2D eigenvalue weighted by molar-refractivity contribution is 5.98. The first-order chi connectivity index (χ1) is 24.1. The maximum absolute atomic E-state index is 14.8. The van der Waals surface area contributed by atoms with Crippen LogP contribution in [0.4, 0.5) is 0 Å². The van der Waals surface area contributed by atoms with E-state index < -0.39 is 66.3 Å². The Labute approximate surface area is 295 Å². The Morgan fingerprint density at radius 3 is 2.34 bits per heavy atom. The van der Waals surface area contributed by atoms with Gasteiger partial charge in [0.05, 0.1) is 36.6 Å². The number of allylic oxidation sites excluding steroid dienone is 1. The summed E-state index contributed by atoms with van der Waals surface area (Å²) in [5.41, 5.74) is 0.113. The summed E-state index contributed by atoms with van der Waals surface area (Å²) in [5, 5.41) is 10.8. The summed E-state index contributed by atoms with van der Waals surface area (Å²) < 4.78 is 13.0. The molecule has 2 aromatic rings. The van der Waals surface area contributed by atoms with E-state index in [1.807, 2.05) is 74.5 Å². The van der Waals surface area contributed by atoms with Gasteiger partial charge in [-0.3, -0.25) is 19.2 Å². The number of likely N-dealkylation sites (N-methyl/N-ethyl adjacent to an activating group) is 1. The van der Waals surface area contributed by atoms with Gasteiger partial charge in [0.2, 0.25) is 17.7 Å². The quantitative estimate of drug-likeness (QED) is 0.184. The number of benzene rings is 2. The van der Waals surface area contributed by atoms with Crippen molar-refractivity contribution in [3.05, 3.63) is 97.1 Å². The maximum atomic E-state index is 14.8. The summed E-state index contributed by atoms with van der Waals surface area (Å²) in [6, 6.07) is 16.0. The van der Waals surface area contributed by atoms with Crippen LogP contribution in [-0.4, -0.2) is 94.0 Å². The molecule has 8 atom stereocenters. The van der Waals surface area contributed by atoms with E-state index in [2.05, 4.69) is 13.2 Å². The number of carbonyl (C=O) groups is 4. The Balaban J connectivity index is 1.53. The number of hydrogen-bond donors (Lipinski definition) is 1. The third-order valence-electron chi connectivity index (χ3n) is 10.8. The van der Waals surface area contributed by atoms with Gasteiger partial charge in [-0.15, -0.1) is 13.2 Å². The van der Waals surface area contributed by atoms with Gasteiger partial charge in [0, 0.05) is 26.6 Å². The van der Waals surface area contributed by atoms with E-state index in [-0.39, 0.29) is 24.8 Å². The average Bonchev–Trinajstić information content (AvgIpc) is 3.79. The van der Waals surface area contributed by atoms with Crippen LogP contribution in [-0.2, 0) is 28.7 Å². The van der Waals surface area contributed by atoms with Gasteiger partial charge in [-0.25, -0.2) is 0 Å². The lowest BCUT2D eigenvalue weighted by atomic mass is 9.70. The Kier molecular flexibility index (Phi) is 12.0. The fraction of sp³-hybridized carbons (Fsp3) is 0.500. The van der Waals surface area contributed by atoms with E-state index in [1.165, 1.54) is 4.90 Å². The number of rotatable bonds is 17. The first-order valence-corrected chi connectivity index (χ1v) is 17.8. The van der Waals surface area contributed by atoms with Gasteiger partial charge < -0.3 is 29.3 Å². The molecular formula is C40H51N3O7. The topological polar surface area (TPSA) is 117 Å². The first kappa shape index (κ1) is 37.0. The Hall–Kier alpha value is -4.28. The van der Waals surface area contributed by atoms with Gasteiger partial charge in [-0.1, -0.05) is 86.2 Å². The van der Waals surface area contributed by atoms with Gasteiger partial charge >= 0.3 is 5.97 Å². The highest BCUT2D eigenvalue weighted by Gasteiger charge is 2.76. The van der Waals surface area contributed by atoms with Gasteiger partial charge in [0.15, 0.2) is 0 Å². The number of esters is 1. The van der Waals surface area contributed by atoms with Crippen molar-refractivity contribution in [3.63, 3.8) is 0 Å². The average molecular weight is 686 g/mol. The molecule has 50 heavy (non-hydrogen) atoms. The van der Waals surface area contributed by atoms with E-state index in [0.717, 1.165) is 12.8 Å².